The highest BCUT2D eigenvalue weighted by molar-refractivity contribution is 6.31. The molecule has 2 aromatic carbocycles. The molecule has 0 spiro atoms. The van der Waals surface area contributed by atoms with Crippen LogP contribution in [0.3, 0.4) is 0 Å². The average molecular weight is 440 g/mol. The van der Waals surface area contributed by atoms with Crippen LogP contribution in [0, 0.1) is 0 Å². The van der Waals surface area contributed by atoms with Crippen LogP contribution in [-0.4, -0.2) is 45.5 Å². The Balaban J connectivity index is 2.09. The van der Waals surface area contributed by atoms with Gasteiger partial charge in [0.25, 0.3) is 0 Å². The summed E-state index contributed by atoms with van der Waals surface area (Å²) in [5, 5.41) is 12.0. The summed E-state index contributed by atoms with van der Waals surface area (Å²) in [6.07, 6.45) is 1.20. The van der Waals surface area contributed by atoms with Gasteiger partial charge < -0.3 is 10.2 Å². The van der Waals surface area contributed by atoms with Gasteiger partial charge >= 0.3 is 0 Å². The molecule has 7 nitrogen and oxygen atoms in total. The summed E-state index contributed by atoms with van der Waals surface area (Å²) in [6, 6.07) is 14.2. The lowest BCUT2D eigenvalue weighted by Gasteiger charge is -2.17. The summed E-state index contributed by atoms with van der Waals surface area (Å²) in [7, 11) is 3.86. The van der Waals surface area contributed by atoms with Crippen molar-refractivity contribution >= 4 is 23.3 Å². The number of hydrogen-bond acceptors (Lipinski definition) is 5. The Hall–Kier alpha value is -3.03. The SMILES string of the molecule is CCCC(=O)NCc1nnc(CN(C)C)n1-c1ccc(Cl)cc1C(=O)c1ccccc1. The van der Waals surface area contributed by atoms with E-state index in [1.807, 2.05) is 48.7 Å². The zero-order valence-electron chi connectivity index (χ0n) is 17.9. The first-order valence-electron chi connectivity index (χ1n) is 10.1. The predicted octanol–water partition coefficient (Wildman–Crippen LogP) is 3.63. The molecule has 162 valence electrons. The number of amides is 1. The van der Waals surface area contributed by atoms with Gasteiger partial charge in [-0.2, -0.15) is 0 Å². The number of rotatable bonds is 9. The first kappa shape index (κ1) is 22.7. The van der Waals surface area contributed by atoms with Crippen LogP contribution < -0.4 is 5.32 Å². The topological polar surface area (TPSA) is 80.1 Å². The molecule has 0 aliphatic rings. The maximum Gasteiger partial charge on any atom is 0.220 e. The fourth-order valence-corrected chi connectivity index (χ4v) is 3.43. The number of halogens is 1. The second kappa shape index (κ2) is 10.3. The van der Waals surface area contributed by atoms with E-state index in [2.05, 4.69) is 15.5 Å². The third-order valence-corrected chi connectivity index (χ3v) is 4.89. The molecule has 31 heavy (non-hydrogen) atoms. The monoisotopic (exact) mass is 439 g/mol. The zero-order valence-corrected chi connectivity index (χ0v) is 18.7. The summed E-state index contributed by atoms with van der Waals surface area (Å²) in [4.78, 5) is 27.3. The van der Waals surface area contributed by atoms with Crippen LogP contribution in [0.25, 0.3) is 5.69 Å². The Labute approximate surface area is 187 Å². The quantitative estimate of drug-likeness (QED) is 0.515. The standard InChI is InChI=1S/C23H26ClN5O2/c1-4-8-22(30)25-14-20-26-27-21(15-28(2)3)29(20)19-12-11-17(24)13-18(19)23(31)16-9-6-5-7-10-16/h5-7,9-13H,4,8,14-15H2,1-3H3,(H,25,30). The fourth-order valence-electron chi connectivity index (χ4n) is 3.25. The molecule has 1 amide bonds. The van der Waals surface area contributed by atoms with Crippen molar-refractivity contribution in [2.45, 2.75) is 32.9 Å². The molecule has 3 rings (SSSR count). The number of nitrogens with zero attached hydrogens (tertiary/aromatic N) is 4. The van der Waals surface area contributed by atoms with Gasteiger partial charge in [-0.15, -0.1) is 10.2 Å². The van der Waals surface area contributed by atoms with E-state index in [4.69, 9.17) is 11.6 Å². The van der Waals surface area contributed by atoms with E-state index >= 15 is 0 Å². The molecule has 0 atom stereocenters. The van der Waals surface area contributed by atoms with Gasteiger partial charge in [-0.05, 0) is 38.7 Å². The van der Waals surface area contributed by atoms with Crippen molar-refractivity contribution in [1.29, 1.82) is 0 Å². The van der Waals surface area contributed by atoms with E-state index in [9.17, 15) is 9.59 Å². The molecule has 0 bridgehead atoms. The van der Waals surface area contributed by atoms with Crippen LogP contribution in [0.1, 0.15) is 47.3 Å². The molecule has 0 unspecified atom stereocenters. The minimum atomic E-state index is -0.149. The molecule has 0 saturated heterocycles. The van der Waals surface area contributed by atoms with E-state index in [0.29, 0.717) is 46.5 Å². The van der Waals surface area contributed by atoms with Crippen molar-refractivity contribution in [3.8, 4) is 5.69 Å². The Bertz CT molecular complexity index is 1060. The molecule has 0 aliphatic carbocycles. The van der Waals surface area contributed by atoms with Crippen LogP contribution >= 0.6 is 11.6 Å². The van der Waals surface area contributed by atoms with Gasteiger partial charge in [-0.1, -0.05) is 48.9 Å². The highest BCUT2D eigenvalue weighted by Gasteiger charge is 2.21. The number of benzene rings is 2. The van der Waals surface area contributed by atoms with E-state index in [-0.39, 0.29) is 18.2 Å². The minimum Gasteiger partial charge on any atom is -0.349 e. The van der Waals surface area contributed by atoms with Gasteiger partial charge in [0.15, 0.2) is 17.4 Å². The van der Waals surface area contributed by atoms with Crippen molar-refractivity contribution in [2.24, 2.45) is 0 Å². The highest BCUT2D eigenvalue weighted by Crippen LogP contribution is 2.25. The van der Waals surface area contributed by atoms with Gasteiger partial charge in [0.2, 0.25) is 5.91 Å². The van der Waals surface area contributed by atoms with Gasteiger partial charge in [-0.25, -0.2) is 0 Å². The second-order valence-electron chi connectivity index (χ2n) is 7.49. The third-order valence-electron chi connectivity index (χ3n) is 4.66. The molecule has 0 radical (unpaired) electrons. The number of carbonyl (C=O) groups excluding carboxylic acids is 2. The van der Waals surface area contributed by atoms with Crippen LogP contribution in [-0.2, 0) is 17.9 Å². The molecular formula is C23H26ClN5O2. The first-order valence-corrected chi connectivity index (χ1v) is 10.5. The van der Waals surface area contributed by atoms with E-state index < -0.39 is 0 Å². The molecule has 0 fully saturated rings. The molecule has 1 heterocycles. The summed E-state index contributed by atoms with van der Waals surface area (Å²) < 4.78 is 1.83. The lowest BCUT2D eigenvalue weighted by molar-refractivity contribution is -0.121. The van der Waals surface area contributed by atoms with Crippen molar-refractivity contribution in [3.63, 3.8) is 0 Å². The number of nitrogens with one attached hydrogen (secondary N) is 1. The largest absolute Gasteiger partial charge is 0.349 e. The summed E-state index contributed by atoms with van der Waals surface area (Å²) in [6.45, 7) is 2.67. The molecule has 1 aromatic heterocycles. The number of carbonyl (C=O) groups is 2. The molecule has 0 saturated carbocycles. The lowest BCUT2D eigenvalue weighted by Crippen LogP contribution is -2.25. The van der Waals surface area contributed by atoms with Gasteiger partial charge in [0, 0.05) is 22.6 Å². The van der Waals surface area contributed by atoms with Crippen molar-refractivity contribution in [1.82, 2.24) is 25.0 Å². The number of hydrogen-bond donors (Lipinski definition) is 1. The van der Waals surface area contributed by atoms with Gasteiger partial charge in [0.05, 0.1) is 18.8 Å². The fraction of sp³-hybridized carbons (Fsp3) is 0.304. The summed E-state index contributed by atoms with van der Waals surface area (Å²) >= 11 is 6.25. The number of aromatic nitrogens is 3. The summed E-state index contributed by atoms with van der Waals surface area (Å²) in [5.74, 6) is 1.01. The van der Waals surface area contributed by atoms with Crippen LogP contribution in [0.15, 0.2) is 48.5 Å². The highest BCUT2D eigenvalue weighted by atomic mass is 35.5. The molecule has 1 N–H and O–H groups in total. The van der Waals surface area contributed by atoms with E-state index in [1.54, 1.807) is 30.3 Å². The maximum absolute atomic E-state index is 13.3. The summed E-state index contributed by atoms with van der Waals surface area (Å²) in [5.41, 5.74) is 1.63. The second-order valence-corrected chi connectivity index (χ2v) is 7.93. The first-order chi connectivity index (χ1) is 14.9. The lowest BCUT2D eigenvalue weighted by atomic mass is 10.0. The van der Waals surface area contributed by atoms with Gasteiger partial charge in [0.1, 0.15) is 0 Å². The van der Waals surface area contributed by atoms with Crippen molar-refractivity contribution < 1.29 is 9.59 Å². The molecule has 3 aromatic rings. The molecular weight excluding hydrogens is 414 g/mol. The maximum atomic E-state index is 13.3. The predicted molar refractivity (Wildman–Crippen MR) is 120 cm³/mol. The smallest absolute Gasteiger partial charge is 0.220 e. The Kier molecular flexibility index (Phi) is 7.55. The van der Waals surface area contributed by atoms with E-state index in [1.165, 1.54) is 0 Å². The average Bonchev–Trinajstić information content (AvgIpc) is 3.14. The van der Waals surface area contributed by atoms with Crippen molar-refractivity contribution in [2.75, 3.05) is 14.1 Å². The third kappa shape index (κ3) is 5.57. The normalized spacial score (nSPS) is 11.0. The Morgan fingerprint density at radius 2 is 1.77 bits per heavy atom. The Morgan fingerprint density at radius 1 is 1.06 bits per heavy atom. The van der Waals surface area contributed by atoms with E-state index in [0.717, 1.165) is 6.42 Å². The van der Waals surface area contributed by atoms with Crippen LogP contribution in [0.2, 0.25) is 5.02 Å². The van der Waals surface area contributed by atoms with Crippen LogP contribution in [0.5, 0.6) is 0 Å². The molecule has 8 heteroatoms. The van der Waals surface area contributed by atoms with Crippen LogP contribution in [0.4, 0.5) is 0 Å². The number of ketones is 1. The minimum absolute atomic E-state index is 0.0529. The molecule has 0 aliphatic heterocycles. The zero-order chi connectivity index (χ0) is 22.4. The van der Waals surface area contributed by atoms with Gasteiger partial charge in [-0.3, -0.25) is 14.2 Å². The Morgan fingerprint density at radius 3 is 2.45 bits per heavy atom. The van der Waals surface area contributed by atoms with Crippen molar-refractivity contribution in [3.05, 3.63) is 76.3 Å².